The van der Waals surface area contributed by atoms with Crippen molar-refractivity contribution in [2.75, 3.05) is 0 Å². The Hall–Kier alpha value is -2.18. The maximum atomic E-state index is 13.2. The summed E-state index contributed by atoms with van der Waals surface area (Å²) in [5, 5.41) is 6.31. The van der Waals surface area contributed by atoms with Gasteiger partial charge >= 0.3 is 0 Å². The molecule has 1 atom stereocenters. The topological polar surface area (TPSA) is 55.2 Å². The number of aryl methyl sites for hydroxylation is 1. The van der Waals surface area contributed by atoms with Crippen LogP contribution in [-0.2, 0) is 17.1 Å². The predicted molar refractivity (Wildman–Crippen MR) is 97.6 cm³/mol. The normalized spacial score (nSPS) is 16.4. The van der Waals surface area contributed by atoms with Crippen LogP contribution in [-0.4, -0.2) is 28.5 Å². The summed E-state index contributed by atoms with van der Waals surface area (Å²) in [6, 6.07) is 14.2. The van der Waals surface area contributed by atoms with Gasteiger partial charge in [0.05, 0.1) is 6.20 Å². The summed E-state index contributed by atoms with van der Waals surface area (Å²) in [5.74, 6) is 0. The summed E-state index contributed by atoms with van der Waals surface area (Å²) in [6.45, 7) is 1.97. The summed E-state index contributed by atoms with van der Waals surface area (Å²) in [6.07, 6.45) is 4.82. The molecule has 0 N–H and O–H groups in total. The number of fused-ring (bicyclic) bond motifs is 1. The van der Waals surface area contributed by atoms with Crippen molar-refractivity contribution < 1.29 is 8.42 Å². The lowest BCUT2D eigenvalue weighted by Gasteiger charge is -2.28. The summed E-state index contributed by atoms with van der Waals surface area (Å²) in [5.41, 5.74) is 1.01. The van der Waals surface area contributed by atoms with Gasteiger partial charge in [-0.25, -0.2) is 8.42 Å². The van der Waals surface area contributed by atoms with Crippen LogP contribution in [0.15, 0.2) is 59.8 Å². The highest BCUT2D eigenvalue weighted by Gasteiger charge is 2.42. The second kappa shape index (κ2) is 5.97. The number of benzene rings is 2. The van der Waals surface area contributed by atoms with E-state index < -0.39 is 10.0 Å². The Morgan fingerprint density at radius 1 is 1.16 bits per heavy atom. The van der Waals surface area contributed by atoms with Crippen LogP contribution in [0, 0.1) is 0 Å². The fourth-order valence-corrected chi connectivity index (χ4v) is 5.17. The molecule has 1 fully saturated rings. The molecule has 4 rings (SSSR count). The molecule has 25 heavy (non-hydrogen) atoms. The number of sulfonamides is 1. The van der Waals surface area contributed by atoms with Crippen LogP contribution in [0.1, 0.15) is 31.4 Å². The second-order valence-corrected chi connectivity index (χ2v) is 8.54. The summed E-state index contributed by atoms with van der Waals surface area (Å²) in [4.78, 5) is 0.259. The van der Waals surface area contributed by atoms with Crippen LogP contribution < -0.4 is 0 Å². The molecule has 0 amide bonds. The van der Waals surface area contributed by atoms with E-state index in [1.165, 1.54) is 10.9 Å². The van der Waals surface area contributed by atoms with Crippen molar-refractivity contribution in [3.63, 3.8) is 0 Å². The zero-order chi connectivity index (χ0) is 17.6. The minimum atomic E-state index is -3.57. The van der Waals surface area contributed by atoms with Crippen LogP contribution >= 0.6 is 0 Å². The highest BCUT2D eigenvalue weighted by atomic mass is 32.2. The van der Waals surface area contributed by atoms with Crippen molar-refractivity contribution in [3.05, 3.63) is 60.4 Å². The first-order valence-electron chi connectivity index (χ1n) is 8.48. The molecular formula is C19H21N3O2S. The van der Waals surface area contributed by atoms with Gasteiger partial charge in [0.25, 0.3) is 0 Å². The predicted octanol–water partition coefficient (Wildman–Crippen LogP) is 3.49. The van der Waals surface area contributed by atoms with Crippen LogP contribution in [0.5, 0.6) is 0 Å². The highest BCUT2D eigenvalue weighted by Crippen LogP contribution is 2.39. The third-order valence-electron chi connectivity index (χ3n) is 4.80. The average molecular weight is 355 g/mol. The van der Waals surface area contributed by atoms with E-state index in [1.807, 2.05) is 25.1 Å². The number of aromatic nitrogens is 2. The Balaban J connectivity index is 1.75. The molecule has 0 aliphatic heterocycles. The number of nitrogens with zero attached hydrogens (tertiary/aromatic N) is 3. The lowest BCUT2D eigenvalue weighted by molar-refractivity contribution is 0.334. The molecule has 0 bridgehead atoms. The van der Waals surface area contributed by atoms with E-state index in [0.717, 1.165) is 29.2 Å². The number of hydrogen-bond acceptors (Lipinski definition) is 3. The molecule has 1 aliphatic carbocycles. The molecule has 1 aliphatic rings. The molecule has 2 aromatic carbocycles. The van der Waals surface area contributed by atoms with Crippen molar-refractivity contribution in [1.29, 1.82) is 0 Å². The standard InChI is InChI=1S/C19H21N3O2S/c1-14(16-8-7-15-5-3-4-6-17(15)11-16)22(18-9-10-18)25(23,24)19-12-20-21(2)13-19/h3-8,11-14,18H,9-10H2,1-2H3/t14-/m0/s1. The van der Waals surface area contributed by atoms with E-state index in [9.17, 15) is 8.42 Å². The van der Waals surface area contributed by atoms with Gasteiger partial charge in [0.15, 0.2) is 0 Å². The van der Waals surface area contributed by atoms with Gasteiger partial charge in [-0.05, 0) is 42.2 Å². The van der Waals surface area contributed by atoms with Crippen LogP contribution in [0.25, 0.3) is 10.8 Å². The van der Waals surface area contributed by atoms with E-state index >= 15 is 0 Å². The quantitative estimate of drug-likeness (QED) is 0.704. The first kappa shape index (κ1) is 16.3. The van der Waals surface area contributed by atoms with Gasteiger partial charge in [0.1, 0.15) is 4.90 Å². The highest BCUT2D eigenvalue weighted by molar-refractivity contribution is 7.89. The van der Waals surface area contributed by atoms with E-state index in [-0.39, 0.29) is 17.0 Å². The molecular weight excluding hydrogens is 334 g/mol. The fourth-order valence-electron chi connectivity index (χ4n) is 3.32. The third-order valence-corrected chi connectivity index (χ3v) is 6.78. The molecule has 0 radical (unpaired) electrons. The first-order valence-corrected chi connectivity index (χ1v) is 9.92. The fraction of sp³-hybridized carbons (Fsp3) is 0.316. The van der Waals surface area contributed by atoms with Crippen molar-refractivity contribution in [1.82, 2.24) is 14.1 Å². The molecule has 5 nitrogen and oxygen atoms in total. The zero-order valence-electron chi connectivity index (χ0n) is 14.3. The molecule has 1 aromatic heterocycles. The first-order chi connectivity index (χ1) is 12.0. The lowest BCUT2D eigenvalue weighted by atomic mass is 10.0. The zero-order valence-corrected chi connectivity index (χ0v) is 15.1. The Morgan fingerprint density at radius 2 is 1.88 bits per heavy atom. The lowest BCUT2D eigenvalue weighted by Crippen LogP contribution is -2.35. The van der Waals surface area contributed by atoms with E-state index in [1.54, 1.807) is 17.5 Å². The Labute approximate surface area is 147 Å². The van der Waals surface area contributed by atoms with Gasteiger partial charge in [0.2, 0.25) is 10.0 Å². The maximum absolute atomic E-state index is 13.2. The van der Waals surface area contributed by atoms with Gasteiger partial charge in [0, 0.05) is 25.3 Å². The molecule has 0 spiro atoms. The van der Waals surface area contributed by atoms with Crippen molar-refractivity contribution >= 4 is 20.8 Å². The smallest absolute Gasteiger partial charge is 0.247 e. The summed E-state index contributed by atoms with van der Waals surface area (Å²) >= 11 is 0. The van der Waals surface area contributed by atoms with E-state index in [4.69, 9.17) is 0 Å². The van der Waals surface area contributed by atoms with Crippen molar-refractivity contribution in [3.8, 4) is 0 Å². The summed E-state index contributed by atoms with van der Waals surface area (Å²) < 4.78 is 29.5. The van der Waals surface area contributed by atoms with Crippen molar-refractivity contribution in [2.24, 2.45) is 7.05 Å². The van der Waals surface area contributed by atoms with E-state index in [2.05, 4.69) is 29.4 Å². The number of rotatable bonds is 5. The molecule has 6 heteroatoms. The van der Waals surface area contributed by atoms with Gasteiger partial charge in [-0.1, -0.05) is 36.4 Å². The van der Waals surface area contributed by atoms with Gasteiger partial charge < -0.3 is 0 Å². The third kappa shape index (κ3) is 2.96. The van der Waals surface area contributed by atoms with Crippen LogP contribution in [0.2, 0.25) is 0 Å². The summed E-state index contributed by atoms with van der Waals surface area (Å²) in [7, 11) is -1.84. The number of hydrogen-bond donors (Lipinski definition) is 0. The van der Waals surface area contributed by atoms with Gasteiger partial charge in [-0.3, -0.25) is 4.68 Å². The molecule has 0 saturated heterocycles. The second-order valence-electron chi connectivity index (χ2n) is 6.70. The van der Waals surface area contributed by atoms with Gasteiger partial charge in [-0.2, -0.15) is 9.40 Å². The minimum absolute atomic E-state index is 0.0756. The van der Waals surface area contributed by atoms with Crippen LogP contribution in [0.3, 0.4) is 0 Å². The average Bonchev–Trinajstić information content (AvgIpc) is 3.32. The Morgan fingerprint density at radius 3 is 2.52 bits per heavy atom. The van der Waals surface area contributed by atoms with Gasteiger partial charge in [-0.15, -0.1) is 0 Å². The van der Waals surface area contributed by atoms with Crippen molar-refractivity contribution in [2.45, 2.75) is 36.7 Å². The minimum Gasteiger partial charge on any atom is -0.274 e. The molecule has 3 aromatic rings. The maximum Gasteiger partial charge on any atom is 0.247 e. The van der Waals surface area contributed by atoms with E-state index in [0.29, 0.717) is 0 Å². The van der Waals surface area contributed by atoms with Crippen LogP contribution in [0.4, 0.5) is 0 Å². The Kier molecular flexibility index (Phi) is 3.89. The Bertz CT molecular complexity index is 1020. The monoisotopic (exact) mass is 355 g/mol. The SMILES string of the molecule is C[C@@H](c1ccc2ccccc2c1)N(C1CC1)S(=O)(=O)c1cnn(C)c1. The largest absolute Gasteiger partial charge is 0.274 e. The molecule has 1 saturated carbocycles. The molecule has 130 valence electrons. The molecule has 0 unspecified atom stereocenters. The molecule has 1 heterocycles.